The Bertz CT molecular complexity index is 555. The van der Waals surface area contributed by atoms with Crippen LogP contribution in [0.5, 0.6) is 0 Å². The molecule has 0 aliphatic rings. The molecule has 2 aromatic carbocycles. The SMILES string of the molecule is Fc1cc(F)c(F)c(NCc2ccc(Cl)cc2)c1. The van der Waals surface area contributed by atoms with E-state index >= 15 is 0 Å². The summed E-state index contributed by atoms with van der Waals surface area (Å²) in [5, 5.41) is 3.22. The molecule has 0 saturated heterocycles. The number of hydrogen-bond donors (Lipinski definition) is 1. The van der Waals surface area contributed by atoms with Crippen LogP contribution in [0, 0.1) is 17.5 Å². The van der Waals surface area contributed by atoms with E-state index in [4.69, 9.17) is 11.6 Å². The Hall–Kier alpha value is -1.68. The summed E-state index contributed by atoms with van der Waals surface area (Å²) in [5.41, 5.74) is 0.617. The summed E-state index contributed by atoms with van der Waals surface area (Å²) >= 11 is 5.72. The first-order valence-corrected chi connectivity index (χ1v) is 5.57. The van der Waals surface area contributed by atoms with Gasteiger partial charge >= 0.3 is 0 Å². The van der Waals surface area contributed by atoms with Crippen molar-refractivity contribution in [1.29, 1.82) is 0 Å². The highest BCUT2D eigenvalue weighted by molar-refractivity contribution is 6.30. The normalized spacial score (nSPS) is 10.4. The molecule has 0 aliphatic carbocycles. The van der Waals surface area contributed by atoms with Gasteiger partial charge in [0.15, 0.2) is 11.6 Å². The maximum absolute atomic E-state index is 13.3. The lowest BCUT2D eigenvalue weighted by atomic mass is 10.2. The topological polar surface area (TPSA) is 12.0 Å². The third-order valence-electron chi connectivity index (χ3n) is 2.39. The van der Waals surface area contributed by atoms with E-state index in [-0.39, 0.29) is 12.2 Å². The molecule has 0 spiro atoms. The van der Waals surface area contributed by atoms with Gasteiger partial charge in [0.25, 0.3) is 0 Å². The third kappa shape index (κ3) is 2.96. The predicted molar refractivity (Wildman–Crippen MR) is 65.1 cm³/mol. The van der Waals surface area contributed by atoms with Gasteiger partial charge in [-0.05, 0) is 17.7 Å². The first-order valence-electron chi connectivity index (χ1n) is 5.19. The molecule has 1 nitrogen and oxygen atoms in total. The van der Waals surface area contributed by atoms with Crippen LogP contribution in [0.3, 0.4) is 0 Å². The van der Waals surface area contributed by atoms with Gasteiger partial charge in [0, 0.05) is 23.7 Å². The highest BCUT2D eigenvalue weighted by Gasteiger charge is 2.10. The summed E-state index contributed by atoms with van der Waals surface area (Å²) in [7, 11) is 0. The molecular formula is C13H9ClF3N. The molecule has 0 heterocycles. The second-order valence-corrected chi connectivity index (χ2v) is 4.17. The van der Waals surface area contributed by atoms with Gasteiger partial charge < -0.3 is 5.32 Å². The Morgan fingerprint density at radius 1 is 1.00 bits per heavy atom. The predicted octanol–water partition coefficient (Wildman–Crippen LogP) is 4.37. The fourth-order valence-corrected chi connectivity index (χ4v) is 1.61. The van der Waals surface area contributed by atoms with Crippen LogP contribution in [0.1, 0.15) is 5.56 Å². The smallest absolute Gasteiger partial charge is 0.182 e. The van der Waals surface area contributed by atoms with Crippen molar-refractivity contribution < 1.29 is 13.2 Å². The van der Waals surface area contributed by atoms with Crippen molar-refractivity contribution in [3.63, 3.8) is 0 Å². The highest BCUT2D eigenvalue weighted by atomic mass is 35.5. The van der Waals surface area contributed by atoms with Crippen LogP contribution in [-0.2, 0) is 6.54 Å². The molecule has 94 valence electrons. The van der Waals surface area contributed by atoms with Gasteiger partial charge in [-0.3, -0.25) is 0 Å². The highest BCUT2D eigenvalue weighted by Crippen LogP contribution is 2.20. The van der Waals surface area contributed by atoms with E-state index < -0.39 is 17.5 Å². The zero-order chi connectivity index (χ0) is 13.1. The van der Waals surface area contributed by atoms with E-state index in [1.54, 1.807) is 24.3 Å². The monoisotopic (exact) mass is 271 g/mol. The third-order valence-corrected chi connectivity index (χ3v) is 2.64. The molecule has 0 fully saturated rings. The number of anilines is 1. The van der Waals surface area contributed by atoms with Crippen molar-refractivity contribution in [2.24, 2.45) is 0 Å². The number of halogens is 4. The van der Waals surface area contributed by atoms with E-state index in [2.05, 4.69) is 5.32 Å². The van der Waals surface area contributed by atoms with Crippen LogP contribution >= 0.6 is 11.6 Å². The summed E-state index contributed by atoms with van der Waals surface area (Å²) in [6.45, 7) is 0.247. The molecule has 2 aromatic rings. The summed E-state index contributed by atoms with van der Waals surface area (Å²) in [6, 6.07) is 8.26. The van der Waals surface area contributed by atoms with Crippen molar-refractivity contribution in [2.75, 3.05) is 5.32 Å². The molecular weight excluding hydrogens is 263 g/mol. The van der Waals surface area contributed by atoms with Gasteiger partial charge in [-0.2, -0.15) is 0 Å². The van der Waals surface area contributed by atoms with Crippen LogP contribution in [0.15, 0.2) is 36.4 Å². The number of nitrogens with one attached hydrogen (secondary N) is 1. The molecule has 0 atom stereocenters. The average molecular weight is 272 g/mol. The van der Waals surface area contributed by atoms with Crippen LogP contribution in [0.2, 0.25) is 5.02 Å². The molecule has 0 aromatic heterocycles. The van der Waals surface area contributed by atoms with E-state index in [0.717, 1.165) is 11.6 Å². The molecule has 0 bridgehead atoms. The summed E-state index contributed by atoms with van der Waals surface area (Å²) in [5.74, 6) is -3.13. The zero-order valence-corrected chi connectivity index (χ0v) is 9.94. The van der Waals surface area contributed by atoms with Crippen molar-refractivity contribution in [3.05, 3.63) is 64.4 Å². The Morgan fingerprint density at radius 3 is 2.33 bits per heavy atom. The second kappa shape index (κ2) is 5.31. The molecule has 18 heavy (non-hydrogen) atoms. The fourth-order valence-electron chi connectivity index (χ4n) is 1.48. The van der Waals surface area contributed by atoms with Crippen molar-refractivity contribution in [3.8, 4) is 0 Å². The van der Waals surface area contributed by atoms with Crippen LogP contribution in [0.25, 0.3) is 0 Å². The lowest BCUT2D eigenvalue weighted by Gasteiger charge is -2.08. The number of hydrogen-bond acceptors (Lipinski definition) is 1. The second-order valence-electron chi connectivity index (χ2n) is 3.73. The minimum Gasteiger partial charge on any atom is -0.378 e. The quantitative estimate of drug-likeness (QED) is 0.818. The molecule has 0 unspecified atom stereocenters. The maximum atomic E-state index is 13.3. The first-order chi connectivity index (χ1) is 8.56. The average Bonchev–Trinajstić information content (AvgIpc) is 2.34. The summed E-state index contributed by atoms with van der Waals surface area (Å²) < 4.78 is 39.2. The van der Waals surface area contributed by atoms with Crippen molar-refractivity contribution in [1.82, 2.24) is 0 Å². The molecule has 0 saturated carbocycles. The van der Waals surface area contributed by atoms with E-state index in [1.165, 1.54) is 0 Å². The molecule has 2 rings (SSSR count). The Morgan fingerprint density at radius 2 is 1.67 bits per heavy atom. The van der Waals surface area contributed by atoms with E-state index in [9.17, 15) is 13.2 Å². The zero-order valence-electron chi connectivity index (χ0n) is 9.18. The molecule has 0 radical (unpaired) electrons. The number of rotatable bonds is 3. The van der Waals surface area contributed by atoms with Crippen LogP contribution in [0.4, 0.5) is 18.9 Å². The van der Waals surface area contributed by atoms with Gasteiger partial charge in [0.1, 0.15) is 5.82 Å². The van der Waals surface area contributed by atoms with Gasteiger partial charge in [-0.1, -0.05) is 23.7 Å². The van der Waals surface area contributed by atoms with Crippen LogP contribution < -0.4 is 5.32 Å². The van der Waals surface area contributed by atoms with Gasteiger partial charge in [0.05, 0.1) is 5.69 Å². The van der Waals surface area contributed by atoms with Gasteiger partial charge in [-0.25, -0.2) is 13.2 Å². The minimum atomic E-state index is -1.21. The first kappa shape index (κ1) is 12.8. The summed E-state index contributed by atoms with van der Waals surface area (Å²) in [4.78, 5) is 0. The lowest BCUT2D eigenvalue weighted by molar-refractivity contribution is 0.497. The Balaban J connectivity index is 2.13. The minimum absolute atomic E-state index is 0.206. The fraction of sp³-hybridized carbons (Fsp3) is 0.0769. The molecule has 5 heteroatoms. The largest absolute Gasteiger partial charge is 0.378 e. The molecule has 1 N–H and O–H groups in total. The van der Waals surface area contributed by atoms with Crippen molar-refractivity contribution in [2.45, 2.75) is 6.54 Å². The Labute approximate surface area is 107 Å². The maximum Gasteiger partial charge on any atom is 0.182 e. The van der Waals surface area contributed by atoms with Gasteiger partial charge in [0.2, 0.25) is 0 Å². The van der Waals surface area contributed by atoms with Gasteiger partial charge in [-0.15, -0.1) is 0 Å². The summed E-state index contributed by atoms with van der Waals surface area (Å²) in [6.07, 6.45) is 0. The molecule has 0 aliphatic heterocycles. The van der Waals surface area contributed by atoms with E-state index in [1.807, 2.05) is 0 Å². The number of benzene rings is 2. The standard InChI is InChI=1S/C13H9ClF3N/c14-9-3-1-8(2-4-9)7-18-12-6-10(15)5-11(16)13(12)17/h1-6,18H,7H2. The lowest BCUT2D eigenvalue weighted by Crippen LogP contribution is -2.03. The van der Waals surface area contributed by atoms with E-state index in [0.29, 0.717) is 11.1 Å². The Kier molecular flexibility index (Phi) is 3.77. The van der Waals surface area contributed by atoms with Crippen LogP contribution in [-0.4, -0.2) is 0 Å². The van der Waals surface area contributed by atoms with Crippen molar-refractivity contribution >= 4 is 17.3 Å². The molecule has 0 amide bonds.